The largest absolute Gasteiger partial charge is 0.385 e. The highest BCUT2D eigenvalue weighted by Crippen LogP contribution is 2.29. The monoisotopic (exact) mass is 629 g/mol. The lowest BCUT2D eigenvalue weighted by molar-refractivity contribution is -0.136. The summed E-state index contributed by atoms with van der Waals surface area (Å²) in [7, 11) is 0. The van der Waals surface area contributed by atoms with Crippen LogP contribution in [0.4, 0.5) is 11.4 Å². The number of nitrogens with zero attached hydrogens (tertiary/aromatic N) is 1. The highest BCUT2D eigenvalue weighted by atomic mass is 16.2. The van der Waals surface area contributed by atoms with Gasteiger partial charge in [0.25, 0.3) is 17.7 Å². The van der Waals surface area contributed by atoms with Crippen LogP contribution in [0.3, 0.4) is 0 Å². The van der Waals surface area contributed by atoms with Crippen LogP contribution in [0, 0.1) is 0 Å². The lowest BCUT2D eigenvalue weighted by Crippen LogP contribution is -2.54. The number of carbonyl (C=O) groups excluding carboxylic acids is 5. The summed E-state index contributed by atoms with van der Waals surface area (Å²) in [4.78, 5) is 63.0. The minimum Gasteiger partial charge on any atom is -0.385 e. The molecule has 0 bridgehead atoms. The average Bonchev–Trinajstić information content (AvgIpc) is 3.30. The second-order valence-electron chi connectivity index (χ2n) is 12.8. The van der Waals surface area contributed by atoms with Gasteiger partial charge >= 0.3 is 0 Å². The molecule has 1 atom stereocenters. The van der Waals surface area contributed by atoms with E-state index in [9.17, 15) is 24.0 Å². The Morgan fingerprint density at radius 3 is 1.93 bits per heavy atom. The normalized spacial score (nSPS) is 18.3. The molecule has 0 spiro atoms. The lowest BCUT2D eigenvalue weighted by Gasteiger charge is -2.27. The molecule has 10 nitrogen and oxygen atoms in total. The van der Waals surface area contributed by atoms with Crippen molar-refractivity contribution in [3.63, 3.8) is 0 Å². The highest BCUT2D eigenvalue weighted by Gasteiger charge is 2.44. The molecule has 2 aliphatic heterocycles. The molecule has 1 unspecified atom stereocenters. The van der Waals surface area contributed by atoms with Crippen LogP contribution < -0.4 is 21.3 Å². The molecule has 46 heavy (non-hydrogen) atoms. The Hall–Kier alpha value is -4.21. The standard InChI is InChI=1S/C36H47N5O5/c42-32-21-20-31(34(44)40-32)41-35(45)29-19-18-28(24-30(29)36(41)46)38-23-11-6-4-2-1-3-5-10-22-37-26-16-14-25(15-17-26)33(43)39-27-12-8-7-9-13-27/h14-19,24,27,31,37-38H,1-13,20-23H2,(H,39,43)(H,40,42,44). The molecule has 3 aliphatic rings. The van der Waals surface area contributed by atoms with E-state index in [4.69, 9.17) is 0 Å². The van der Waals surface area contributed by atoms with Crippen LogP contribution in [0.15, 0.2) is 42.5 Å². The van der Waals surface area contributed by atoms with Crippen LogP contribution in [0.25, 0.3) is 0 Å². The maximum absolute atomic E-state index is 13.0. The Balaban J connectivity index is 0.889. The summed E-state index contributed by atoms with van der Waals surface area (Å²) in [5.41, 5.74) is 3.14. The molecule has 246 valence electrons. The van der Waals surface area contributed by atoms with E-state index in [-0.39, 0.29) is 24.7 Å². The van der Waals surface area contributed by atoms with E-state index in [0.717, 1.165) is 67.0 Å². The maximum Gasteiger partial charge on any atom is 0.262 e. The van der Waals surface area contributed by atoms with Gasteiger partial charge in [-0.1, -0.05) is 57.8 Å². The van der Waals surface area contributed by atoms with Gasteiger partial charge in [0.05, 0.1) is 11.1 Å². The second-order valence-corrected chi connectivity index (χ2v) is 12.8. The minimum absolute atomic E-state index is 0.0341. The predicted molar refractivity (Wildman–Crippen MR) is 178 cm³/mol. The third kappa shape index (κ3) is 8.73. The van der Waals surface area contributed by atoms with Crippen molar-refractivity contribution < 1.29 is 24.0 Å². The van der Waals surface area contributed by atoms with E-state index in [1.54, 1.807) is 18.2 Å². The maximum atomic E-state index is 13.0. The van der Waals surface area contributed by atoms with Crippen LogP contribution >= 0.6 is 0 Å². The molecule has 2 aromatic carbocycles. The summed E-state index contributed by atoms with van der Waals surface area (Å²) >= 11 is 0. The van der Waals surface area contributed by atoms with Crippen LogP contribution in [0.5, 0.6) is 0 Å². The number of carbonyl (C=O) groups is 5. The third-order valence-electron chi connectivity index (χ3n) is 9.29. The first-order valence-corrected chi connectivity index (χ1v) is 17.1. The zero-order valence-electron chi connectivity index (χ0n) is 26.7. The van der Waals surface area contributed by atoms with E-state index in [1.807, 2.05) is 24.3 Å². The van der Waals surface area contributed by atoms with Crippen molar-refractivity contribution in [3.05, 3.63) is 59.2 Å². The number of amides is 5. The lowest BCUT2D eigenvalue weighted by atomic mass is 9.95. The molecule has 0 aromatic heterocycles. The quantitative estimate of drug-likeness (QED) is 0.136. The van der Waals surface area contributed by atoms with Gasteiger partial charge < -0.3 is 16.0 Å². The minimum atomic E-state index is -0.951. The molecule has 2 aromatic rings. The molecule has 5 rings (SSSR count). The summed E-state index contributed by atoms with van der Waals surface area (Å²) in [6.07, 6.45) is 15.4. The first kappa shape index (κ1) is 33.2. The van der Waals surface area contributed by atoms with Gasteiger partial charge in [0.1, 0.15) is 6.04 Å². The zero-order valence-corrected chi connectivity index (χ0v) is 26.7. The van der Waals surface area contributed by atoms with Gasteiger partial charge in [-0.25, -0.2) is 0 Å². The average molecular weight is 630 g/mol. The van der Waals surface area contributed by atoms with Crippen LogP contribution in [-0.2, 0) is 9.59 Å². The molecule has 1 aliphatic carbocycles. The fourth-order valence-corrected chi connectivity index (χ4v) is 6.61. The fourth-order valence-electron chi connectivity index (χ4n) is 6.61. The Kier molecular flexibility index (Phi) is 11.8. The van der Waals surface area contributed by atoms with Gasteiger partial charge in [-0.05, 0) is 74.6 Å². The molecular formula is C36H47N5O5. The molecule has 4 N–H and O–H groups in total. The van der Waals surface area contributed by atoms with Gasteiger partial charge in [-0.15, -0.1) is 0 Å². The smallest absolute Gasteiger partial charge is 0.262 e. The van der Waals surface area contributed by atoms with Crippen LogP contribution in [0.2, 0.25) is 0 Å². The first-order valence-electron chi connectivity index (χ1n) is 17.1. The summed E-state index contributed by atoms with van der Waals surface area (Å²) in [6, 6.07) is 12.3. The van der Waals surface area contributed by atoms with Crippen molar-refractivity contribution in [2.45, 2.75) is 108 Å². The van der Waals surface area contributed by atoms with Crippen molar-refractivity contribution in [1.29, 1.82) is 0 Å². The number of unbranched alkanes of at least 4 members (excludes halogenated alkanes) is 7. The molecule has 10 heteroatoms. The summed E-state index contributed by atoms with van der Waals surface area (Å²) in [5, 5.41) is 12.2. The number of rotatable bonds is 16. The molecule has 1 saturated carbocycles. The van der Waals surface area contributed by atoms with Gasteiger partial charge in [0.2, 0.25) is 11.8 Å². The number of piperidine rings is 1. The summed E-state index contributed by atoms with van der Waals surface area (Å²) in [5.74, 6) is -1.93. The van der Waals surface area contributed by atoms with E-state index >= 15 is 0 Å². The third-order valence-corrected chi connectivity index (χ3v) is 9.29. The van der Waals surface area contributed by atoms with E-state index in [0.29, 0.717) is 17.2 Å². The number of nitrogens with one attached hydrogen (secondary N) is 4. The summed E-state index contributed by atoms with van der Waals surface area (Å²) in [6.45, 7) is 1.70. The van der Waals surface area contributed by atoms with E-state index < -0.39 is 23.8 Å². The number of anilines is 2. The highest BCUT2D eigenvalue weighted by molar-refractivity contribution is 6.23. The van der Waals surface area contributed by atoms with Crippen molar-refractivity contribution in [1.82, 2.24) is 15.5 Å². The summed E-state index contributed by atoms with van der Waals surface area (Å²) < 4.78 is 0. The van der Waals surface area contributed by atoms with Crippen molar-refractivity contribution in [2.24, 2.45) is 0 Å². The number of hydrogen-bond donors (Lipinski definition) is 4. The van der Waals surface area contributed by atoms with Gasteiger partial charge in [-0.2, -0.15) is 0 Å². The number of hydrogen-bond acceptors (Lipinski definition) is 7. The molecule has 1 saturated heterocycles. The van der Waals surface area contributed by atoms with Crippen molar-refractivity contribution in [3.8, 4) is 0 Å². The fraction of sp³-hybridized carbons (Fsp3) is 0.528. The van der Waals surface area contributed by atoms with Crippen LogP contribution in [0.1, 0.15) is 127 Å². The Morgan fingerprint density at radius 2 is 1.28 bits per heavy atom. The number of fused-ring (bicyclic) bond motifs is 1. The zero-order chi connectivity index (χ0) is 32.3. The number of imide groups is 2. The van der Waals surface area contributed by atoms with Gasteiger partial charge in [-0.3, -0.25) is 34.2 Å². The first-order chi connectivity index (χ1) is 22.4. The van der Waals surface area contributed by atoms with Gasteiger partial charge in [0.15, 0.2) is 0 Å². The second kappa shape index (κ2) is 16.4. The topological polar surface area (TPSA) is 137 Å². The Bertz CT molecular complexity index is 1400. The Labute approximate surface area is 271 Å². The van der Waals surface area contributed by atoms with Crippen molar-refractivity contribution >= 4 is 40.9 Å². The number of benzene rings is 2. The predicted octanol–water partition coefficient (Wildman–Crippen LogP) is 5.80. The van der Waals surface area contributed by atoms with E-state index in [1.165, 1.54) is 51.4 Å². The Morgan fingerprint density at radius 1 is 0.696 bits per heavy atom. The van der Waals surface area contributed by atoms with E-state index in [2.05, 4.69) is 21.3 Å². The molecular weight excluding hydrogens is 582 g/mol. The van der Waals surface area contributed by atoms with Crippen molar-refractivity contribution in [2.75, 3.05) is 23.7 Å². The SMILES string of the molecule is O=C1CCC(N2C(=O)c3ccc(NCCCCCCCCCCNc4ccc(C(=O)NC5CCCCC5)cc4)cc3C2=O)C(=O)N1. The molecule has 2 heterocycles. The molecule has 0 radical (unpaired) electrons. The van der Waals surface area contributed by atoms with Crippen LogP contribution in [-0.4, -0.2) is 59.6 Å². The molecule has 2 fully saturated rings. The van der Waals surface area contributed by atoms with Gasteiger partial charge in [0, 0.05) is 42.5 Å². The molecule has 5 amide bonds.